The van der Waals surface area contributed by atoms with Crippen molar-refractivity contribution in [2.45, 2.75) is 12.5 Å². The number of hydrogen-bond acceptors (Lipinski definition) is 2. The number of carbonyl (C=O) groups excluding carboxylic acids is 1. The second-order valence-corrected chi connectivity index (χ2v) is 4.85. The number of hydrogen-bond donors (Lipinski definition) is 2. The Labute approximate surface area is 121 Å². The molecule has 0 radical (unpaired) electrons. The van der Waals surface area contributed by atoms with Gasteiger partial charge in [0.25, 0.3) is 0 Å². The van der Waals surface area contributed by atoms with E-state index in [-0.39, 0.29) is 5.69 Å². The van der Waals surface area contributed by atoms with Gasteiger partial charge >= 0.3 is 0 Å². The maximum atomic E-state index is 13.5. The van der Waals surface area contributed by atoms with Crippen molar-refractivity contribution < 1.29 is 9.18 Å². The van der Waals surface area contributed by atoms with E-state index in [1.54, 1.807) is 0 Å². The quantitative estimate of drug-likeness (QED) is 0.910. The zero-order valence-electron chi connectivity index (χ0n) is 10.6. The van der Waals surface area contributed by atoms with Crippen molar-refractivity contribution in [3.05, 3.63) is 64.9 Å². The molecule has 3 N–H and O–H groups in total. The molecule has 0 aliphatic heterocycles. The molecule has 0 saturated heterocycles. The van der Waals surface area contributed by atoms with E-state index in [1.807, 2.05) is 30.3 Å². The summed E-state index contributed by atoms with van der Waals surface area (Å²) in [5.41, 5.74) is 6.80. The van der Waals surface area contributed by atoms with Crippen molar-refractivity contribution in [3.8, 4) is 0 Å². The molecule has 0 bridgehead atoms. The molecule has 0 aliphatic carbocycles. The van der Waals surface area contributed by atoms with Crippen molar-refractivity contribution in [2.24, 2.45) is 5.73 Å². The Morgan fingerprint density at radius 3 is 2.65 bits per heavy atom. The average Bonchev–Trinajstić information content (AvgIpc) is 2.44. The highest BCUT2D eigenvalue weighted by Gasteiger charge is 2.16. The van der Waals surface area contributed by atoms with E-state index in [0.29, 0.717) is 11.4 Å². The number of anilines is 1. The third-order valence-corrected chi connectivity index (χ3v) is 3.06. The summed E-state index contributed by atoms with van der Waals surface area (Å²) < 4.78 is 13.5. The molecule has 0 aromatic heterocycles. The third-order valence-electron chi connectivity index (χ3n) is 2.82. The predicted octanol–water partition coefficient (Wildman–Crippen LogP) is 2.99. The highest BCUT2D eigenvalue weighted by atomic mass is 35.5. The van der Waals surface area contributed by atoms with Gasteiger partial charge in [-0.25, -0.2) is 4.39 Å². The van der Waals surface area contributed by atoms with Gasteiger partial charge in [-0.2, -0.15) is 0 Å². The zero-order valence-corrected chi connectivity index (χ0v) is 11.4. The summed E-state index contributed by atoms with van der Waals surface area (Å²) in [4.78, 5) is 11.9. The Kier molecular flexibility index (Phi) is 4.71. The Morgan fingerprint density at radius 1 is 1.25 bits per heavy atom. The third kappa shape index (κ3) is 3.79. The second-order valence-electron chi connectivity index (χ2n) is 4.41. The molecule has 2 aromatic carbocycles. The Balaban J connectivity index is 2.02. The molecule has 0 heterocycles. The van der Waals surface area contributed by atoms with E-state index in [0.717, 1.165) is 5.56 Å². The first-order chi connectivity index (χ1) is 9.56. The first kappa shape index (κ1) is 14.5. The van der Waals surface area contributed by atoms with E-state index in [1.165, 1.54) is 18.2 Å². The van der Waals surface area contributed by atoms with Crippen LogP contribution < -0.4 is 11.1 Å². The van der Waals surface area contributed by atoms with E-state index in [9.17, 15) is 9.18 Å². The van der Waals surface area contributed by atoms with Crippen molar-refractivity contribution in [1.82, 2.24) is 0 Å². The highest BCUT2D eigenvalue weighted by molar-refractivity contribution is 6.30. The zero-order chi connectivity index (χ0) is 14.5. The molecule has 1 atom stereocenters. The molecule has 20 heavy (non-hydrogen) atoms. The van der Waals surface area contributed by atoms with Crippen molar-refractivity contribution in [1.29, 1.82) is 0 Å². The fraction of sp³-hybridized carbons (Fsp3) is 0.133. The molecule has 1 amide bonds. The molecular formula is C15H14ClFN2O. The van der Waals surface area contributed by atoms with E-state index >= 15 is 0 Å². The second kappa shape index (κ2) is 6.50. The lowest BCUT2D eigenvalue weighted by atomic mass is 10.1. The van der Waals surface area contributed by atoms with Gasteiger partial charge in [-0.3, -0.25) is 4.79 Å². The van der Waals surface area contributed by atoms with Crippen LogP contribution in [-0.4, -0.2) is 11.9 Å². The van der Waals surface area contributed by atoms with E-state index in [2.05, 4.69) is 5.32 Å². The summed E-state index contributed by atoms with van der Waals surface area (Å²) in [7, 11) is 0. The summed E-state index contributed by atoms with van der Waals surface area (Å²) in [6.07, 6.45) is 0.384. The molecule has 2 rings (SSSR count). The summed E-state index contributed by atoms with van der Waals surface area (Å²) in [6.45, 7) is 0. The van der Waals surface area contributed by atoms with Gasteiger partial charge in [0.05, 0.1) is 11.7 Å². The van der Waals surface area contributed by atoms with Gasteiger partial charge in [-0.15, -0.1) is 0 Å². The van der Waals surface area contributed by atoms with Crippen LogP contribution in [-0.2, 0) is 11.2 Å². The molecule has 0 saturated carbocycles. The van der Waals surface area contributed by atoms with Crippen molar-refractivity contribution in [3.63, 3.8) is 0 Å². The molecule has 5 heteroatoms. The minimum absolute atomic E-state index is 0.0333. The molecule has 0 fully saturated rings. The lowest BCUT2D eigenvalue weighted by Gasteiger charge is -2.13. The fourth-order valence-electron chi connectivity index (χ4n) is 1.78. The highest BCUT2D eigenvalue weighted by Crippen LogP contribution is 2.19. The number of amides is 1. The van der Waals surface area contributed by atoms with Gasteiger partial charge in [0.15, 0.2) is 0 Å². The Bertz CT molecular complexity index is 604. The molecule has 3 nitrogen and oxygen atoms in total. The SMILES string of the molecule is N[C@@H](Cc1ccccc1)C(=O)Nc1cc(Cl)ccc1F. The van der Waals surface area contributed by atoms with Crippen LogP contribution in [0.2, 0.25) is 5.02 Å². The van der Waals surface area contributed by atoms with Gasteiger partial charge in [0, 0.05) is 5.02 Å². The van der Waals surface area contributed by atoms with Crippen LogP contribution in [0.25, 0.3) is 0 Å². The van der Waals surface area contributed by atoms with Crippen LogP contribution >= 0.6 is 11.6 Å². The lowest BCUT2D eigenvalue weighted by Crippen LogP contribution is -2.37. The first-order valence-electron chi connectivity index (χ1n) is 6.11. The van der Waals surface area contributed by atoms with Crippen LogP contribution in [0.3, 0.4) is 0 Å². The maximum absolute atomic E-state index is 13.5. The maximum Gasteiger partial charge on any atom is 0.241 e. The minimum atomic E-state index is -0.754. The summed E-state index contributed by atoms with van der Waals surface area (Å²) in [6, 6.07) is 12.6. The number of rotatable bonds is 4. The Morgan fingerprint density at radius 2 is 1.95 bits per heavy atom. The topological polar surface area (TPSA) is 55.1 Å². The number of nitrogens with one attached hydrogen (secondary N) is 1. The molecule has 2 aromatic rings. The molecule has 104 valence electrons. The number of nitrogens with two attached hydrogens (primary N) is 1. The molecule has 0 aliphatic rings. The van der Waals surface area contributed by atoms with Gasteiger partial charge < -0.3 is 11.1 Å². The number of halogens is 2. The van der Waals surface area contributed by atoms with Gasteiger partial charge in [-0.05, 0) is 30.2 Å². The molecule has 0 unspecified atom stereocenters. The standard InChI is InChI=1S/C15H14ClFN2O/c16-11-6-7-12(17)14(9-11)19-15(20)13(18)8-10-4-2-1-3-5-10/h1-7,9,13H,8,18H2,(H,19,20)/t13-/m0/s1. The number of carbonyl (C=O) groups is 1. The smallest absolute Gasteiger partial charge is 0.241 e. The van der Waals surface area contributed by atoms with E-state index in [4.69, 9.17) is 17.3 Å². The predicted molar refractivity (Wildman–Crippen MR) is 78.2 cm³/mol. The van der Waals surface area contributed by atoms with Crippen molar-refractivity contribution >= 4 is 23.2 Å². The Hall–Kier alpha value is -1.91. The fourth-order valence-corrected chi connectivity index (χ4v) is 1.95. The van der Waals surface area contributed by atoms with Gasteiger partial charge in [0.1, 0.15) is 5.82 Å². The largest absolute Gasteiger partial charge is 0.322 e. The van der Waals surface area contributed by atoms with Gasteiger partial charge in [-0.1, -0.05) is 41.9 Å². The van der Waals surface area contributed by atoms with Crippen LogP contribution in [0.4, 0.5) is 10.1 Å². The van der Waals surface area contributed by atoms with Crippen LogP contribution in [0, 0.1) is 5.82 Å². The van der Waals surface area contributed by atoms with Gasteiger partial charge in [0.2, 0.25) is 5.91 Å². The van der Waals surface area contributed by atoms with Crippen LogP contribution in [0.5, 0.6) is 0 Å². The minimum Gasteiger partial charge on any atom is -0.322 e. The van der Waals surface area contributed by atoms with Crippen LogP contribution in [0.1, 0.15) is 5.56 Å². The molecular weight excluding hydrogens is 279 g/mol. The van der Waals surface area contributed by atoms with Crippen LogP contribution in [0.15, 0.2) is 48.5 Å². The number of benzene rings is 2. The van der Waals surface area contributed by atoms with Crippen molar-refractivity contribution in [2.75, 3.05) is 5.32 Å². The average molecular weight is 293 g/mol. The normalized spacial score (nSPS) is 11.9. The summed E-state index contributed by atoms with van der Waals surface area (Å²) in [5, 5.41) is 2.79. The first-order valence-corrected chi connectivity index (χ1v) is 6.49. The summed E-state index contributed by atoms with van der Waals surface area (Å²) in [5.74, 6) is -0.996. The monoisotopic (exact) mass is 292 g/mol. The van der Waals surface area contributed by atoms with E-state index < -0.39 is 17.8 Å². The molecule has 0 spiro atoms. The lowest BCUT2D eigenvalue weighted by molar-refractivity contribution is -0.117. The summed E-state index contributed by atoms with van der Waals surface area (Å²) >= 11 is 5.76.